The molecule has 2 heterocycles. The molecule has 0 saturated carbocycles. The number of fused-ring (bicyclic) bond motifs is 1. The number of methoxy groups -OCH3 is 1. The molecule has 9 nitrogen and oxygen atoms in total. The van der Waals surface area contributed by atoms with E-state index < -0.39 is 23.3 Å². The molecule has 2 aromatic carbocycles. The van der Waals surface area contributed by atoms with Crippen LogP contribution in [-0.2, 0) is 16.1 Å². The van der Waals surface area contributed by atoms with Crippen LogP contribution in [0.15, 0.2) is 45.6 Å². The van der Waals surface area contributed by atoms with Gasteiger partial charge in [0.1, 0.15) is 22.8 Å². The Morgan fingerprint density at radius 1 is 1.18 bits per heavy atom. The van der Waals surface area contributed by atoms with E-state index >= 15 is 0 Å². The van der Waals surface area contributed by atoms with Crippen LogP contribution in [0.4, 0.5) is 0 Å². The van der Waals surface area contributed by atoms with Crippen molar-refractivity contribution in [3.63, 3.8) is 0 Å². The first-order valence-corrected chi connectivity index (χ1v) is 10.9. The molecule has 1 aliphatic rings. The SMILES string of the molecule is COC(=O)c1ccc(Oc2c(C)oc3c(CN4CCC[C@H](C(=O)O)C4)c(O)ccc3c2=O)cc1. The molecule has 0 amide bonds. The number of carboxylic acids is 1. The van der Waals surface area contributed by atoms with Crippen molar-refractivity contribution in [3.8, 4) is 17.2 Å². The standard InChI is InChI=1S/C25H25NO8/c1-14-22(34-17-7-5-15(6-8-17)25(31)32-2)21(28)18-9-10-20(27)19(23(18)33-14)13-26-11-3-4-16(12-26)24(29)30/h5-10,16,27H,3-4,11-13H2,1-2H3,(H,29,30)/t16-/m0/s1. The van der Waals surface area contributed by atoms with Gasteiger partial charge in [0, 0.05) is 13.1 Å². The lowest BCUT2D eigenvalue weighted by Gasteiger charge is -2.30. The van der Waals surface area contributed by atoms with Crippen molar-refractivity contribution in [2.24, 2.45) is 5.92 Å². The Morgan fingerprint density at radius 2 is 1.91 bits per heavy atom. The molecule has 0 radical (unpaired) electrons. The summed E-state index contributed by atoms with van der Waals surface area (Å²) in [4.78, 5) is 38.2. The lowest BCUT2D eigenvalue weighted by atomic mass is 9.97. The number of hydrogen-bond acceptors (Lipinski definition) is 8. The van der Waals surface area contributed by atoms with Crippen LogP contribution in [0.1, 0.15) is 34.5 Å². The van der Waals surface area contributed by atoms with Crippen LogP contribution < -0.4 is 10.2 Å². The third kappa shape index (κ3) is 4.60. The van der Waals surface area contributed by atoms with E-state index in [2.05, 4.69) is 4.74 Å². The van der Waals surface area contributed by atoms with Gasteiger partial charge in [-0.05, 0) is 62.7 Å². The highest BCUT2D eigenvalue weighted by Crippen LogP contribution is 2.32. The number of ether oxygens (including phenoxy) is 2. The number of aliphatic carboxylic acids is 1. The number of rotatable bonds is 6. The van der Waals surface area contributed by atoms with Gasteiger partial charge in [-0.1, -0.05) is 0 Å². The molecule has 4 rings (SSSR count). The van der Waals surface area contributed by atoms with Gasteiger partial charge in [0.15, 0.2) is 0 Å². The van der Waals surface area contributed by atoms with Gasteiger partial charge >= 0.3 is 11.9 Å². The number of nitrogens with zero attached hydrogens (tertiary/aromatic N) is 1. The Morgan fingerprint density at radius 3 is 2.59 bits per heavy atom. The van der Waals surface area contributed by atoms with Gasteiger partial charge < -0.3 is 24.1 Å². The summed E-state index contributed by atoms with van der Waals surface area (Å²) in [7, 11) is 1.29. The molecule has 2 N–H and O–H groups in total. The average Bonchev–Trinajstić information content (AvgIpc) is 2.83. The normalized spacial score (nSPS) is 16.4. The van der Waals surface area contributed by atoms with Crippen LogP contribution in [0.2, 0.25) is 0 Å². The summed E-state index contributed by atoms with van der Waals surface area (Å²) >= 11 is 0. The average molecular weight is 467 g/mol. The number of aromatic hydroxyl groups is 1. The summed E-state index contributed by atoms with van der Waals surface area (Å²) in [6.45, 7) is 2.89. The van der Waals surface area contributed by atoms with Gasteiger partial charge in [-0.25, -0.2) is 4.79 Å². The molecular weight excluding hydrogens is 442 g/mol. The number of hydrogen-bond donors (Lipinski definition) is 2. The molecule has 1 aromatic heterocycles. The highest BCUT2D eigenvalue weighted by Gasteiger charge is 2.27. The third-order valence-electron chi connectivity index (χ3n) is 5.99. The summed E-state index contributed by atoms with van der Waals surface area (Å²) in [6.07, 6.45) is 1.35. The predicted octanol–water partition coefficient (Wildman–Crippen LogP) is 3.68. The second-order valence-electron chi connectivity index (χ2n) is 8.29. The zero-order valence-electron chi connectivity index (χ0n) is 18.9. The molecule has 1 atom stereocenters. The first-order chi connectivity index (χ1) is 16.3. The number of benzene rings is 2. The summed E-state index contributed by atoms with van der Waals surface area (Å²) in [5.74, 6) is -1.25. The van der Waals surface area contributed by atoms with E-state index in [0.717, 1.165) is 6.42 Å². The fourth-order valence-corrected chi connectivity index (χ4v) is 4.18. The fourth-order valence-electron chi connectivity index (χ4n) is 4.18. The number of piperidine rings is 1. The number of phenols is 1. The van der Waals surface area contributed by atoms with Crippen LogP contribution in [0.25, 0.3) is 11.0 Å². The molecule has 3 aromatic rings. The monoisotopic (exact) mass is 467 g/mol. The molecule has 34 heavy (non-hydrogen) atoms. The first-order valence-electron chi connectivity index (χ1n) is 10.9. The summed E-state index contributed by atoms with van der Waals surface area (Å²) in [6, 6.07) is 9.05. The molecule has 178 valence electrons. The van der Waals surface area contributed by atoms with E-state index in [9.17, 15) is 24.6 Å². The van der Waals surface area contributed by atoms with Gasteiger partial charge in [-0.15, -0.1) is 0 Å². The lowest BCUT2D eigenvalue weighted by molar-refractivity contribution is -0.143. The maximum Gasteiger partial charge on any atom is 0.337 e. The number of esters is 1. The van der Waals surface area contributed by atoms with Crippen LogP contribution in [-0.4, -0.2) is 47.3 Å². The van der Waals surface area contributed by atoms with Gasteiger partial charge in [0.2, 0.25) is 11.2 Å². The van der Waals surface area contributed by atoms with Crippen molar-refractivity contribution in [1.82, 2.24) is 4.90 Å². The van der Waals surface area contributed by atoms with Crippen molar-refractivity contribution in [1.29, 1.82) is 0 Å². The van der Waals surface area contributed by atoms with E-state index in [1.807, 2.05) is 4.90 Å². The van der Waals surface area contributed by atoms with Gasteiger partial charge in [0.05, 0.1) is 29.5 Å². The number of likely N-dealkylation sites (tertiary alicyclic amines) is 1. The Balaban J connectivity index is 1.66. The van der Waals surface area contributed by atoms with Crippen molar-refractivity contribution in [3.05, 3.63) is 63.5 Å². The van der Waals surface area contributed by atoms with Crippen LogP contribution in [0.5, 0.6) is 17.2 Å². The summed E-state index contributed by atoms with van der Waals surface area (Å²) < 4.78 is 16.4. The minimum atomic E-state index is -0.837. The van der Waals surface area contributed by atoms with Crippen molar-refractivity contribution in [2.45, 2.75) is 26.3 Å². The molecule has 1 fully saturated rings. The number of phenolic OH excluding ortho intramolecular Hbond substituents is 1. The molecule has 9 heteroatoms. The number of carbonyl (C=O) groups excluding carboxylic acids is 1. The van der Waals surface area contributed by atoms with E-state index in [-0.39, 0.29) is 34.8 Å². The minimum absolute atomic E-state index is 0.00104. The second-order valence-corrected chi connectivity index (χ2v) is 8.29. The molecule has 1 aliphatic heterocycles. The highest BCUT2D eigenvalue weighted by molar-refractivity contribution is 5.89. The summed E-state index contributed by atoms with van der Waals surface area (Å²) in [5, 5.41) is 20.1. The van der Waals surface area contributed by atoms with E-state index in [4.69, 9.17) is 9.15 Å². The molecule has 0 spiro atoms. The number of carbonyl (C=O) groups is 2. The van der Waals surface area contributed by atoms with Crippen LogP contribution >= 0.6 is 0 Å². The number of aryl methyl sites for hydroxylation is 1. The quantitative estimate of drug-likeness (QED) is 0.522. The van der Waals surface area contributed by atoms with Crippen molar-refractivity contribution >= 4 is 22.9 Å². The zero-order valence-corrected chi connectivity index (χ0v) is 18.9. The molecule has 0 bridgehead atoms. The van der Waals surface area contributed by atoms with Crippen LogP contribution in [0, 0.1) is 12.8 Å². The van der Waals surface area contributed by atoms with E-state index in [1.54, 1.807) is 19.1 Å². The maximum atomic E-state index is 13.2. The second kappa shape index (κ2) is 9.56. The topological polar surface area (TPSA) is 127 Å². The van der Waals surface area contributed by atoms with Crippen molar-refractivity contribution in [2.75, 3.05) is 20.2 Å². The van der Waals surface area contributed by atoms with Gasteiger partial charge in [0.25, 0.3) is 0 Å². The minimum Gasteiger partial charge on any atom is -0.507 e. The third-order valence-corrected chi connectivity index (χ3v) is 5.99. The Labute approximate surface area is 195 Å². The van der Waals surface area contributed by atoms with Crippen molar-refractivity contribution < 1.29 is 33.7 Å². The molecule has 0 unspecified atom stereocenters. The largest absolute Gasteiger partial charge is 0.507 e. The smallest absolute Gasteiger partial charge is 0.337 e. The van der Waals surface area contributed by atoms with Gasteiger partial charge in [-0.2, -0.15) is 0 Å². The molecule has 0 aliphatic carbocycles. The molecular formula is C25H25NO8. The Bertz CT molecular complexity index is 1290. The summed E-state index contributed by atoms with van der Waals surface area (Å²) in [5.41, 5.74) is 0.616. The Hall–Kier alpha value is -3.85. The van der Waals surface area contributed by atoms with Gasteiger partial charge in [-0.3, -0.25) is 14.5 Å². The number of carboxylic acid groups (broad SMARTS) is 1. The highest BCUT2D eigenvalue weighted by atomic mass is 16.5. The van der Waals surface area contributed by atoms with E-state index in [0.29, 0.717) is 36.4 Å². The molecule has 1 saturated heterocycles. The predicted molar refractivity (Wildman–Crippen MR) is 122 cm³/mol. The zero-order chi connectivity index (χ0) is 24.4. The fraction of sp³-hybridized carbons (Fsp3) is 0.320. The Kier molecular flexibility index (Phi) is 6.56. The van der Waals surface area contributed by atoms with E-state index in [1.165, 1.54) is 31.4 Å². The maximum absolute atomic E-state index is 13.2. The van der Waals surface area contributed by atoms with Crippen LogP contribution in [0.3, 0.4) is 0 Å². The lowest BCUT2D eigenvalue weighted by Crippen LogP contribution is -2.38. The first kappa shape index (κ1) is 23.3.